The number of nitrogens with zero attached hydrogens (tertiary/aromatic N) is 2. The van der Waals surface area contributed by atoms with Gasteiger partial charge in [0, 0.05) is 31.6 Å². The molecule has 1 saturated heterocycles. The molecular weight excluding hydrogens is 376 g/mol. The Bertz CT molecular complexity index is 811. The highest BCUT2D eigenvalue weighted by Gasteiger charge is 2.26. The van der Waals surface area contributed by atoms with Gasteiger partial charge < -0.3 is 15.0 Å². The highest BCUT2D eigenvalue weighted by molar-refractivity contribution is 7.89. The minimum absolute atomic E-state index is 0.0745. The van der Waals surface area contributed by atoms with Crippen LogP contribution in [0.2, 0.25) is 0 Å². The minimum atomic E-state index is -4.02. The highest BCUT2D eigenvalue weighted by Crippen LogP contribution is 2.27. The molecule has 0 aliphatic carbocycles. The van der Waals surface area contributed by atoms with Crippen LogP contribution < -0.4 is 10.5 Å². The second kappa shape index (κ2) is 8.63. The monoisotopic (exact) mass is 400 g/mol. The summed E-state index contributed by atoms with van der Waals surface area (Å²) in [6.07, 6.45) is 0.368. The number of nitro groups is 1. The zero-order chi connectivity index (χ0) is 20.2. The van der Waals surface area contributed by atoms with Crippen LogP contribution in [-0.2, 0) is 19.6 Å². The molecular formula is C16H24N4O6S. The van der Waals surface area contributed by atoms with Gasteiger partial charge in [0.2, 0.25) is 15.9 Å². The number of nitro benzene ring substituents is 1. The lowest BCUT2D eigenvalue weighted by Gasteiger charge is -2.34. The maximum atomic E-state index is 12.1. The van der Waals surface area contributed by atoms with Gasteiger partial charge in [-0.05, 0) is 18.6 Å². The minimum Gasteiger partial charge on any atom is -0.379 e. The van der Waals surface area contributed by atoms with E-state index in [4.69, 9.17) is 9.88 Å². The van der Waals surface area contributed by atoms with E-state index >= 15 is 0 Å². The lowest BCUT2D eigenvalue weighted by molar-refractivity contribution is -0.384. The molecule has 1 aromatic carbocycles. The summed E-state index contributed by atoms with van der Waals surface area (Å²) in [6, 6.07) is 3.46. The lowest BCUT2D eigenvalue weighted by atomic mass is 10.1. The molecule has 1 atom stereocenters. The number of carbonyl (C=O) groups excluding carboxylic acids is 1. The first-order valence-electron chi connectivity index (χ1n) is 8.55. The van der Waals surface area contributed by atoms with E-state index in [0.29, 0.717) is 32.7 Å². The summed E-state index contributed by atoms with van der Waals surface area (Å²) in [5.74, 6) is -0.00709. The van der Waals surface area contributed by atoms with Crippen molar-refractivity contribution in [2.75, 3.05) is 31.6 Å². The Balaban J connectivity index is 1.98. The van der Waals surface area contributed by atoms with Crippen LogP contribution in [0, 0.1) is 16.0 Å². The van der Waals surface area contributed by atoms with Gasteiger partial charge in [-0.1, -0.05) is 13.8 Å². The van der Waals surface area contributed by atoms with Gasteiger partial charge in [0.15, 0.2) is 0 Å². The van der Waals surface area contributed by atoms with E-state index in [-0.39, 0.29) is 34.2 Å². The van der Waals surface area contributed by atoms with E-state index in [9.17, 15) is 23.3 Å². The highest BCUT2D eigenvalue weighted by atomic mass is 32.2. The number of sulfonamides is 1. The second-order valence-corrected chi connectivity index (χ2v) is 8.19. The van der Waals surface area contributed by atoms with Gasteiger partial charge in [0.25, 0.3) is 5.69 Å². The van der Waals surface area contributed by atoms with Crippen LogP contribution in [0.3, 0.4) is 0 Å². The summed E-state index contributed by atoms with van der Waals surface area (Å²) in [4.78, 5) is 24.1. The molecule has 1 aromatic rings. The standard InChI is InChI=1S/C16H24N4O6S/c1-11(2)16(21)19-7-8-26-12(10-19)5-6-18-14-4-3-13(27(17,24)25)9-15(14)20(22)23/h3-4,9,11-12,18H,5-8,10H2,1-2H3,(H2,17,24,25). The fourth-order valence-electron chi connectivity index (χ4n) is 2.82. The Kier molecular flexibility index (Phi) is 6.73. The third-order valence-corrected chi connectivity index (χ3v) is 5.13. The maximum Gasteiger partial charge on any atom is 0.293 e. The molecule has 1 aliphatic heterocycles. The number of amides is 1. The van der Waals surface area contributed by atoms with Crippen LogP contribution in [0.5, 0.6) is 0 Å². The van der Waals surface area contributed by atoms with Gasteiger partial charge in [-0.2, -0.15) is 0 Å². The molecule has 0 radical (unpaired) electrons. The predicted molar refractivity (Wildman–Crippen MR) is 98.7 cm³/mol. The number of hydrogen-bond donors (Lipinski definition) is 2. The molecule has 3 N–H and O–H groups in total. The summed E-state index contributed by atoms with van der Waals surface area (Å²) in [7, 11) is -4.02. The Morgan fingerprint density at radius 3 is 2.78 bits per heavy atom. The number of rotatable bonds is 7. The molecule has 150 valence electrons. The molecule has 1 unspecified atom stereocenters. The van der Waals surface area contributed by atoms with Crippen LogP contribution in [0.15, 0.2) is 23.1 Å². The molecule has 0 bridgehead atoms. The summed E-state index contributed by atoms with van der Waals surface area (Å²) < 4.78 is 28.4. The van der Waals surface area contributed by atoms with Gasteiger partial charge >= 0.3 is 0 Å². The largest absolute Gasteiger partial charge is 0.379 e. The van der Waals surface area contributed by atoms with Crippen LogP contribution >= 0.6 is 0 Å². The Morgan fingerprint density at radius 2 is 2.19 bits per heavy atom. The third kappa shape index (κ3) is 5.62. The van der Waals surface area contributed by atoms with Crippen molar-refractivity contribution in [2.45, 2.75) is 31.3 Å². The number of anilines is 1. The number of benzene rings is 1. The molecule has 1 heterocycles. The molecule has 1 amide bonds. The lowest BCUT2D eigenvalue weighted by Crippen LogP contribution is -2.47. The first-order chi connectivity index (χ1) is 12.6. The average molecular weight is 400 g/mol. The second-order valence-electron chi connectivity index (χ2n) is 6.63. The Hall–Kier alpha value is -2.24. The van der Waals surface area contributed by atoms with Gasteiger partial charge in [-0.3, -0.25) is 14.9 Å². The molecule has 1 fully saturated rings. The van der Waals surface area contributed by atoms with E-state index in [1.807, 2.05) is 13.8 Å². The normalized spacial score (nSPS) is 17.8. The number of hydrogen-bond acceptors (Lipinski definition) is 7. The van der Waals surface area contributed by atoms with E-state index < -0.39 is 14.9 Å². The van der Waals surface area contributed by atoms with Crippen molar-refractivity contribution >= 4 is 27.3 Å². The summed E-state index contributed by atoms with van der Waals surface area (Å²) in [6.45, 7) is 5.54. The predicted octanol–water partition coefficient (Wildman–Crippen LogP) is 0.928. The van der Waals surface area contributed by atoms with Gasteiger partial charge in [-0.25, -0.2) is 13.6 Å². The maximum absolute atomic E-state index is 12.1. The molecule has 0 spiro atoms. The molecule has 0 saturated carbocycles. The molecule has 27 heavy (non-hydrogen) atoms. The van der Waals surface area contributed by atoms with Crippen molar-refractivity contribution in [3.8, 4) is 0 Å². The smallest absolute Gasteiger partial charge is 0.293 e. The van der Waals surface area contributed by atoms with Crippen LogP contribution in [0.4, 0.5) is 11.4 Å². The zero-order valence-electron chi connectivity index (χ0n) is 15.3. The zero-order valence-corrected chi connectivity index (χ0v) is 16.1. The van der Waals surface area contributed by atoms with Crippen LogP contribution in [0.1, 0.15) is 20.3 Å². The number of primary sulfonamides is 1. The van der Waals surface area contributed by atoms with Crippen molar-refractivity contribution in [3.05, 3.63) is 28.3 Å². The van der Waals surface area contributed by atoms with E-state index in [0.717, 1.165) is 6.07 Å². The summed E-state index contributed by atoms with van der Waals surface area (Å²) in [5.41, 5.74) is -0.180. The summed E-state index contributed by atoms with van der Waals surface area (Å²) in [5, 5.41) is 19.1. The molecule has 10 nitrogen and oxygen atoms in total. The average Bonchev–Trinajstić information content (AvgIpc) is 2.60. The SMILES string of the molecule is CC(C)C(=O)N1CCOC(CCNc2ccc(S(N)(=O)=O)cc2[N+](=O)[O-])C1. The van der Waals surface area contributed by atoms with Gasteiger partial charge in [-0.15, -0.1) is 0 Å². The number of nitrogens with two attached hydrogens (primary N) is 1. The molecule has 11 heteroatoms. The molecule has 0 aromatic heterocycles. The van der Waals surface area contributed by atoms with Crippen molar-refractivity contribution < 1.29 is 22.9 Å². The van der Waals surface area contributed by atoms with Crippen LogP contribution in [0.25, 0.3) is 0 Å². The fraction of sp³-hybridized carbons (Fsp3) is 0.562. The van der Waals surface area contributed by atoms with E-state index in [1.54, 1.807) is 4.90 Å². The Morgan fingerprint density at radius 1 is 1.48 bits per heavy atom. The number of nitrogens with one attached hydrogen (secondary N) is 1. The quantitative estimate of drug-likeness (QED) is 0.511. The van der Waals surface area contributed by atoms with Crippen molar-refractivity contribution in [2.24, 2.45) is 11.1 Å². The molecule has 1 aliphatic rings. The third-order valence-electron chi connectivity index (χ3n) is 4.22. The van der Waals surface area contributed by atoms with E-state index in [2.05, 4.69) is 5.32 Å². The summed E-state index contributed by atoms with van der Waals surface area (Å²) >= 11 is 0. The van der Waals surface area contributed by atoms with Crippen LogP contribution in [-0.4, -0.2) is 56.5 Å². The van der Waals surface area contributed by atoms with Gasteiger partial charge in [0.05, 0.1) is 22.5 Å². The number of carbonyl (C=O) groups is 1. The van der Waals surface area contributed by atoms with Gasteiger partial charge in [0.1, 0.15) is 5.69 Å². The van der Waals surface area contributed by atoms with Crippen molar-refractivity contribution in [1.82, 2.24) is 4.90 Å². The van der Waals surface area contributed by atoms with Crippen molar-refractivity contribution in [1.29, 1.82) is 0 Å². The first-order valence-corrected chi connectivity index (χ1v) is 10.1. The van der Waals surface area contributed by atoms with E-state index in [1.165, 1.54) is 12.1 Å². The topological polar surface area (TPSA) is 145 Å². The molecule has 2 rings (SSSR count). The first kappa shape index (κ1) is 21.1. The fourth-order valence-corrected chi connectivity index (χ4v) is 3.35. The number of morpholine rings is 1. The Labute approximate surface area is 157 Å². The number of ether oxygens (including phenoxy) is 1. The van der Waals surface area contributed by atoms with Crippen molar-refractivity contribution in [3.63, 3.8) is 0 Å².